The van der Waals surface area contributed by atoms with Gasteiger partial charge >= 0.3 is 5.97 Å². The summed E-state index contributed by atoms with van der Waals surface area (Å²) in [6.07, 6.45) is 6.49. The number of aryl methyl sites for hydroxylation is 2. The summed E-state index contributed by atoms with van der Waals surface area (Å²) in [4.78, 5) is 16.2. The van der Waals surface area contributed by atoms with Crippen LogP contribution in [0.25, 0.3) is 0 Å². The predicted octanol–water partition coefficient (Wildman–Crippen LogP) is 1.77. The van der Waals surface area contributed by atoms with Crippen molar-refractivity contribution >= 4 is 5.97 Å². The summed E-state index contributed by atoms with van der Waals surface area (Å²) in [5.74, 6) is 0.859. The Kier molecular flexibility index (Phi) is 6.02. The van der Waals surface area contributed by atoms with E-state index in [9.17, 15) is 4.79 Å². The Morgan fingerprint density at radius 1 is 1.53 bits per heavy atom. The molecule has 1 N–H and O–H groups in total. The topological polar surface area (TPSA) is 56.2 Å². The molecule has 0 bridgehead atoms. The molecule has 0 saturated carbocycles. The highest BCUT2D eigenvalue weighted by atomic mass is 16.5. The summed E-state index contributed by atoms with van der Waals surface area (Å²) in [6.45, 7) is 7.50. The van der Waals surface area contributed by atoms with Crippen LogP contribution in [0.4, 0.5) is 0 Å². The standard InChI is InChI=1S/C14H25N3O2/c1-5-7-12-15-9-11-17(12)10-8-14(3,16-6-2)13(18)19-4/h9,11,16H,5-8,10H2,1-4H3. The van der Waals surface area contributed by atoms with Crippen LogP contribution < -0.4 is 5.32 Å². The van der Waals surface area contributed by atoms with Crippen molar-refractivity contribution in [2.24, 2.45) is 0 Å². The zero-order valence-corrected chi connectivity index (χ0v) is 12.4. The number of likely N-dealkylation sites (N-methyl/N-ethyl adjacent to an activating group) is 1. The third-order valence-corrected chi connectivity index (χ3v) is 3.33. The van der Waals surface area contributed by atoms with Gasteiger partial charge in [-0.1, -0.05) is 13.8 Å². The first-order chi connectivity index (χ1) is 9.07. The first-order valence-corrected chi connectivity index (χ1v) is 6.90. The lowest BCUT2D eigenvalue weighted by Crippen LogP contribution is -2.50. The Balaban J connectivity index is 2.70. The molecule has 1 unspecified atom stereocenters. The molecular weight excluding hydrogens is 242 g/mol. The zero-order valence-electron chi connectivity index (χ0n) is 12.4. The van der Waals surface area contributed by atoms with Crippen LogP contribution in [0.2, 0.25) is 0 Å². The van der Waals surface area contributed by atoms with Gasteiger partial charge in [0.15, 0.2) is 0 Å². The zero-order chi connectivity index (χ0) is 14.3. The van der Waals surface area contributed by atoms with E-state index in [-0.39, 0.29) is 5.97 Å². The molecule has 5 nitrogen and oxygen atoms in total. The molecule has 5 heteroatoms. The molecule has 0 fully saturated rings. The maximum absolute atomic E-state index is 11.9. The molecule has 1 aromatic heterocycles. The van der Waals surface area contributed by atoms with Crippen LogP contribution in [0, 0.1) is 0 Å². The lowest BCUT2D eigenvalue weighted by Gasteiger charge is -2.27. The molecule has 1 heterocycles. The van der Waals surface area contributed by atoms with Crippen molar-refractivity contribution in [3.8, 4) is 0 Å². The fourth-order valence-corrected chi connectivity index (χ4v) is 2.22. The number of aromatic nitrogens is 2. The summed E-state index contributed by atoms with van der Waals surface area (Å²) in [5.41, 5.74) is -0.642. The van der Waals surface area contributed by atoms with E-state index >= 15 is 0 Å². The van der Waals surface area contributed by atoms with Crippen molar-refractivity contribution in [3.63, 3.8) is 0 Å². The number of carbonyl (C=O) groups excluding carboxylic acids is 1. The van der Waals surface area contributed by atoms with Crippen molar-refractivity contribution in [3.05, 3.63) is 18.2 Å². The van der Waals surface area contributed by atoms with Gasteiger partial charge in [0.1, 0.15) is 11.4 Å². The van der Waals surface area contributed by atoms with Crippen LogP contribution in [-0.4, -0.2) is 34.7 Å². The van der Waals surface area contributed by atoms with Gasteiger partial charge in [0.25, 0.3) is 0 Å². The number of carbonyl (C=O) groups is 1. The maximum atomic E-state index is 11.9. The van der Waals surface area contributed by atoms with Crippen molar-refractivity contribution in [1.82, 2.24) is 14.9 Å². The molecule has 0 aliphatic carbocycles. The fraction of sp³-hybridized carbons (Fsp3) is 0.714. The van der Waals surface area contributed by atoms with Gasteiger partial charge < -0.3 is 14.6 Å². The van der Waals surface area contributed by atoms with Crippen LogP contribution in [-0.2, 0) is 22.5 Å². The normalized spacial score (nSPS) is 14.1. The monoisotopic (exact) mass is 267 g/mol. The summed E-state index contributed by atoms with van der Waals surface area (Å²) in [7, 11) is 1.43. The quantitative estimate of drug-likeness (QED) is 0.729. The summed E-state index contributed by atoms with van der Waals surface area (Å²) in [6, 6.07) is 0. The highest BCUT2D eigenvalue weighted by molar-refractivity contribution is 5.80. The summed E-state index contributed by atoms with van der Waals surface area (Å²) in [5, 5.41) is 3.22. The van der Waals surface area contributed by atoms with Gasteiger partial charge in [0, 0.05) is 25.4 Å². The van der Waals surface area contributed by atoms with Crippen LogP contribution in [0.3, 0.4) is 0 Å². The Morgan fingerprint density at radius 2 is 2.26 bits per heavy atom. The van der Waals surface area contributed by atoms with Gasteiger partial charge in [-0.3, -0.25) is 4.79 Å². The highest BCUT2D eigenvalue weighted by Gasteiger charge is 2.33. The molecule has 0 aliphatic rings. The van der Waals surface area contributed by atoms with Crippen molar-refractivity contribution in [2.75, 3.05) is 13.7 Å². The number of rotatable bonds is 8. The molecule has 0 aromatic carbocycles. The van der Waals surface area contributed by atoms with Crippen molar-refractivity contribution in [1.29, 1.82) is 0 Å². The van der Waals surface area contributed by atoms with E-state index in [1.807, 2.05) is 26.2 Å². The van der Waals surface area contributed by atoms with Crippen molar-refractivity contribution < 1.29 is 9.53 Å². The van der Waals surface area contributed by atoms with Gasteiger partial charge in [-0.2, -0.15) is 0 Å². The van der Waals surface area contributed by atoms with Gasteiger partial charge in [-0.15, -0.1) is 0 Å². The Morgan fingerprint density at radius 3 is 2.84 bits per heavy atom. The molecule has 0 saturated heterocycles. The number of hydrogen-bond acceptors (Lipinski definition) is 4. The second kappa shape index (κ2) is 7.28. The first kappa shape index (κ1) is 15.7. The van der Waals surface area contributed by atoms with Crippen molar-refractivity contribution in [2.45, 2.75) is 52.1 Å². The third-order valence-electron chi connectivity index (χ3n) is 3.33. The number of hydrogen-bond donors (Lipinski definition) is 1. The van der Waals surface area contributed by atoms with E-state index in [4.69, 9.17) is 4.74 Å². The minimum absolute atomic E-state index is 0.216. The van der Waals surface area contributed by atoms with E-state index < -0.39 is 5.54 Å². The average Bonchev–Trinajstić information content (AvgIpc) is 2.84. The molecule has 1 aromatic rings. The number of ether oxygens (including phenoxy) is 1. The van der Waals surface area contributed by atoms with E-state index in [1.54, 1.807) is 0 Å². The lowest BCUT2D eigenvalue weighted by molar-refractivity contribution is -0.148. The Hall–Kier alpha value is -1.36. The van der Waals surface area contributed by atoms with Crippen LogP contribution in [0.5, 0.6) is 0 Å². The average molecular weight is 267 g/mol. The SMILES string of the molecule is CCCc1nccn1CCC(C)(NCC)C(=O)OC. The molecule has 0 radical (unpaired) electrons. The molecule has 0 amide bonds. The number of nitrogens with one attached hydrogen (secondary N) is 1. The highest BCUT2D eigenvalue weighted by Crippen LogP contribution is 2.14. The molecule has 19 heavy (non-hydrogen) atoms. The number of esters is 1. The first-order valence-electron chi connectivity index (χ1n) is 6.90. The molecule has 108 valence electrons. The number of nitrogens with zero attached hydrogens (tertiary/aromatic N) is 2. The molecule has 0 spiro atoms. The van der Waals surface area contributed by atoms with Crippen LogP contribution in [0.15, 0.2) is 12.4 Å². The molecule has 1 atom stereocenters. The van der Waals surface area contributed by atoms with Gasteiger partial charge in [0.05, 0.1) is 7.11 Å². The second-order valence-electron chi connectivity index (χ2n) is 4.89. The van der Waals surface area contributed by atoms with Gasteiger partial charge in [-0.05, 0) is 26.3 Å². The fourth-order valence-electron chi connectivity index (χ4n) is 2.22. The van der Waals surface area contributed by atoms with Crippen LogP contribution >= 0.6 is 0 Å². The maximum Gasteiger partial charge on any atom is 0.325 e. The Bertz CT molecular complexity index is 403. The van der Waals surface area contributed by atoms with Crippen LogP contribution in [0.1, 0.15) is 39.4 Å². The second-order valence-corrected chi connectivity index (χ2v) is 4.89. The van der Waals surface area contributed by atoms with Gasteiger partial charge in [-0.25, -0.2) is 4.98 Å². The lowest BCUT2D eigenvalue weighted by atomic mass is 9.97. The van der Waals surface area contributed by atoms with E-state index in [2.05, 4.69) is 21.8 Å². The smallest absolute Gasteiger partial charge is 0.325 e. The number of methoxy groups -OCH3 is 1. The summed E-state index contributed by atoms with van der Waals surface area (Å²) >= 11 is 0. The van der Waals surface area contributed by atoms with E-state index in [1.165, 1.54) is 7.11 Å². The molecular formula is C14H25N3O2. The molecule has 0 aliphatic heterocycles. The third kappa shape index (κ3) is 4.06. The minimum Gasteiger partial charge on any atom is -0.468 e. The van der Waals surface area contributed by atoms with Gasteiger partial charge in [0.2, 0.25) is 0 Å². The van der Waals surface area contributed by atoms with E-state index in [0.29, 0.717) is 6.42 Å². The Labute approximate surface area is 115 Å². The minimum atomic E-state index is -0.642. The summed E-state index contributed by atoms with van der Waals surface area (Å²) < 4.78 is 7.00. The number of imidazole rings is 1. The van der Waals surface area contributed by atoms with E-state index in [0.717, 1.165) is 31.8 Å². The predicted molar refractivity (Wildman–Crippen MR) is 74.9 cm³/mol. The molecule has 1 rings (SSSR count). The largest absolute Gasteiger partial charge is 0.468 e.